The third kappa shape index (κ3) is 5.23. The first kappa shape index (κ1) is 15.6. The molecule has 0 bridgehead atoms. The molecule has 110 valence electrons. The molecule has 0 heterocycles. The van der Waals surface area contributed by atoms with Gasteiger partial charge in [-0.2, -0.15) is 0 Å². The van der Waals surface area contributed by atoms with Crippen LogP contribution in [0, 0.1) is 0 Å². The number of amides is 2. The third-order valence-electron chi connectivity index (χ3n) is 3.24. The first-order valence-electron chi connectivity index (χ1n) is 6.99. The van der Waals surface area contributed by atoms with E-state index in [1.54, 1.807) is 0 Å². The molecule has 1 unspecified atom stereocenters. The zero-order valence-corrected chi connectivity index (χ0v) is 13.6. The molecular weight excluding hydrogens is 328 g/mol. The Morgan fingerprint density at radius 2 is 1.90 bits per heavy atom. The molecule has 0 saturated carbocycles. The van der Waals surface area contributed by atoms with Crippen LogP contribution in [0.1, 0.15) is 24.1 Å². The first-order chi connectivity index (χ1) is 10.1. The Balaban J connectivity index is 1.75. The highest BCUT2D eigenvalue weighted by Gasteiger charge is 2.08. The van der Waals surface area contributed by atoms with Gasteiger partial charge in [0.1, 0.15) is 0 Å². The predicted octanol–water partition coefficient (Wildman–Crippen LogP) is 4.05. The summed E-state index contributed by atoms with van der Waals surface area (Å²) in [6, 6.07) is 17.9. The minimum Gasteiger partial charge on any atom is -0.338 e. The maximum atomic E-state index is 11.9. The Bertz CT molecular complexity index is 586. The molecule has 0 aliphatic rings. The SMILES string of the molecule is CC(NC(=O)NCCc1cccc(Br)c1)c1ccccc1. The van der Waals surface area contributed by atoms with Gasteiger partial charge < -0.3 is 10.6 Å². The van der Waals surface area contributed by atoms with E-state index in [-0.39, 0.29) is 12.1 Å². The topological polar surface area (TPSA) is 41.1 Å². The number of urea groups is 1. The Hall–Kier alpha value is -1.81. The number of carbonyl (C=O) groups excluding carboxylic acids is 1. The van der Waals surface area contributed by atoms with Gasteiger partial charge in [-0.1, -0.05) is 58.4 Å². The van der Waals surface area contributed by atoms with Gasteiger partial charge in [-0.3, -0.25) is 0 Å². The van der Waals surface area contributed by atoms with E-state index in [1.807, 2.05) is 49.4 Å². The monoisotopic (exact) mass is 346 g/mol. The quantitative estimate of drug-likeness (QED) is 0.842. The minimum atomic E-state index is -0.138. The van der Waals surface area contributed by atoms with Crippen molar-refractivity contribution >= 4 is 22.0 Å². The molecule has 2 rings (SSSR count). The summed E-state index contributed by atoms with van der Waals surface area (Å²) in [5.74, 6) is 0. The van der Waals surface area contributed by atoms with Crippen molar-refractivity contribution in [3.05, 3.63) is 70.2 Å². The fraction of sp³-hybridized carbons (Fsp3) is 0.235. The highest BCUT2D eigenvalue weighted by molar-refractivity contribution is 9.10. The van der Waals surface area contributed by atoms with E-state index in [1.165, 1.54) is 5.56 Å². The fourth-order valence-electron chi connectivity index (χ4n) is 2.09. The average Bonchev–Trinajstić information content (AvgIpc) is 2.48. The smallest absolute Gasteiger partial charge is 0.315 e. The Morgan fingerprint density at radius 3 is 2.62 bits per heavy atom. The number of rotatable bonds is 5. The van der Waals surface area contributed by atoms with Gasteiger partial charge in [0, 0.05) is 11.0 Å². The van der Waals surface area contributed by atoms with Crippen LogP contribution < -0.4 is 10.6 Å². The molecule has 3 nitrogen and oxygen atoms in total. The van der Waals surface area contributed by atoms with Crippen LogP contribution in [0.25, 0.3) is 0 Å². The van der Waals surface area contributed by atoms with Crippen molar-refractivity contribution in [2.75, 3.05) is 6.54 Å². The fourth-order valence-corrected chi connectivity index (χ4v) is 2.53. The molecule has 0 aliphatic carbocycles. The largest absolute Gasteiger partial charge is 0.338 e. The van der Waals surface area contributed by atoms with E-state index in [0.29, 0.717) is 6.54 Å². The molecule has 0 saturated heterocycles. The number of hydrogen-bond acceptors (Lipinski definition) is 1. The molecule has 0 aliphatic heterocycles. The van der Waals surface area contributed by atoms with E-state index >= 15 is 0 Å². The molecule has 2 amide bonds. The van der Waals surface area contributed by atoms with Crippen molar-refractivity contribution in [1.29, 1.82) is 0 Å². The van der Waals surface area contributed by atoms with Crippen LogP contribution >= 0.6 is 15.9 Å². The molecule has 2 aromatic rings. The van der Waals surface area contributed by atoms with E-state index in [2.05, 4.69) is 38.7 Å². The van der Waals surface area contributed by atoms with Crippen LogP contribution in [0.3, 0.4) is 0 Å². The summed E-state index contributed by atoms with van der Waals surface area (Å²) in [4.78, 5) is 11.9. The second-order valence-corrected chi connectivity index (χ2v) is 5.83. The second kappa shape index (κ2) is 7.84. The van der Waals surface area contributed by atoms with E-state index < -0.39 is 0 Å². The van der Waals surface area contributed by atoms with Crippen molar-refractivity contribution in [2.45, 2.75) is 19.4 Å². The molecule has 0 radical (unpaired) electrons. The normalized spacial score (nSPS) is 11.7. The molecule has 1 atom stereocenters. The average molecular weight is 347 g/mol. The lowest BCUT2D eigenvalue weighted by Gasteiger charge is -2.15. The van der Waals surface area contributed by atoms with Gasteiger partial charge >= 0.3 is 6.03 Å². The zero-order valence-electron chi connectivity index (χ0n) is 12.0. The Kier molecular flexibility index (Phi) is 5.81. The van der Waals surface area contributed by atoms with Crippen molar-refractivity contribution in [2.24, 2.45) is 0 Å². The summed E-state index contributed by atoms with van der Waals surface area (Å²) >= 11 is 3.44. The number of hydrogen-bond donors (Lipinski definition) is 2. The molecule has 0 spiro atoms. The zero-order chi connectivity index (χ0) is 15.1. The van der Waals surface area contributed by atoms with Crippen molar-refractivity contribution in [1.82, 2.24) is 10.6 Å². The molecule has 4 heteroatoms. The molecule has 21 heavy (non-hydrogen) atoms. The summed E-state index contributed by atoms with van der Waals surface area (Å²) in [5.41, 5.74) is 2.29. The lowest BCUT2D eigenvalue weighted by molar-refractivity contribution is 0.238. The van der Waals surface area contributed by atoms with Gasteiger partial charge in [-0.05, 0) is 36.6 Å². The maximum Gasteiger partial charge on any atom is 0.315 e. The minimum absolute atomic E-state index is 0.00271. The number of benzene rings is 2. The maximum absolute atomic E-state index is 11.9. The van der Waals surface area contributed by atoms with Crippen LogP contribution in [0.15, 0.2) is 59.1 Å². The molecule has 2 N–H and O–H groups in total. The van der Waals surface area contributed by atoms with Gasteiger partial charge in [-0.15, -0.1) is 0 Å². The highest BCUT2D eigenvalue weighted by Crippen LogP contribution is 2.12. The lowest BCUT2D eigenvalue weighted by Crippen LogP contribution is -2.38. The second-order valence-electron chi connectivity index (χ2n) is 4.91. The van der Waals surface area contributed by atoms with Crippen molar-refractivity contribution < 1.29 is 4.79 Å². The van der Waals surface area contributed by atoms with Crippen LogP contribution in [0.4, 0.5) is 4.79 Å². The van der Waals surface area contributed by atoms with Crippen LogP contribution in [-0.4, -0.2) is 12.6 Å². The van der Waals surface area contributed by atoms with Gasteiger partial charge in [0.05, 0.1) is 6.04 Å². The van der Waals surface area contributed by atoms with Crippen LogP contribution in [0.2, 0.25) is 0 Å². The van der Waals surface area contributed by atoms with Gasteiger partial charge in [0.2, 0.25) is 0 Å². The number of carbonyl (C=O) groups is 1. The summed E-state index contributed by atoms with van der Waals surface area (Å²) < 4.78 is 1.06. The van der Waals surface area contributed by atoms with Gasteiger partial charge in [0.15, 0.2) is 0 Å². The molecule has 2 aromatic carbocycles. The highest BCUT2D eigenvalue weighted by atomic mass is 79.9. The summed E-state index contributed by atoms with van der Waals surface area (Å²) in [6.45, 7) is 2.59. The third-order valence-corrected chi connectivity index (χ3v) is 3.73. The number of halogens is 1. The first-order valence-corrected chi connectivity index (χ1v) is 7.78. The van der Waals surface area contributed by atoms with Gasteiger partial charge in [-0.25, -0.2) is 4.79 Å². The van der Waals surface area contributed by atoms with Crippen molar-refractivity contribution in [3.63, 3.8) is 0 Å². The summed E-state index contributed by atoms with van der Waals surface area (Å²) in [5, 5.41) is 5.82. The molecular formula is C17H19BrN2O. The lowest BCUT2D eigenvalue weighted by atomic mass is 10.1. The Labute approximate surface area is 133 Å². The van der Waals surface area contributed by atoms with Crippen molar-refractivity contribution in [3.8, 4) is 0 Å². The predicted molar refractivity (Wildman–Crippen MR) is 89.2 cm³/mol. The Morgan fingerprint density at radius 1 is 1.14 bits per heavy atom. The van der Waals surface area contributed by atoms with E-state index in [9.17, 15) is 4.79 Å². The van der Waals surface area contributed by atoms with Crippen LogP contribution in [0.5, 0.6) is 0 Å². The van der Waals surface area contributed by atoms with E-state index in [4.69, 9.17) is 0 Å². The van der Waals surface area contributed by atoms with E-state index in [0.717, 1.165) is 16.5 Å². The number of nitrogens with one attached hydrogen (secondary N) is 2. The standard InChI is InChI=1S/C17H19BrN2O/c1-13(15-7-3-2-4-8-15)20-17(21)19-11-10-14-6-5-9-16(18)12-14/h2-9,12-13H,10-11H2,1H3,(H2,19,20,21). The summed E-state index contributed by atoms with van der Waals surface area (Å²) in [6.07, 6.45) is 0.812. The molecule has 0 aromatic heterocycles. The van der Waals surface area contributed by atoms with Crippen LogP contribution in [-0.2, 0) is 6.42 Å². The summed E-state index contributed by atoms with van der Waals surface area (Å²) in [7, 11) is 0. The van der Waals surface area contributed by atoms with Gasteiger partial charge in [0.25, 0.3) is 0 Å². The molecule has 0 fully saturated rings.